The van der Waals surface area contributed by atoms with E-state index in [0.29, 0.717) is 11.3 Å². The number of aromatic nitrogens is 3. The minimum absolute atomic E-state index is 0.0883. The van der Waals surface area contributed by atoms with Crippen molar-refractivity contribution in [2.75, 3.05) is 7.05 Å². The van der Waals surface area contributed by atoms with Gasteiger partial charge in [0.25, 0.3) is 0 Å². The summed E-state index contributed by atoms with van der Waals surface area (Å²) in [5, 5.41) is 21.6. The molecule has 0 bridgehead atoms. The third-order valence-electron chi connectivity index (χ3n) is 3.49. The van der Waals surface area contributed by atoms with Crippen molar-refractivity contribution in [1.29, 1.82) is 0 Å². The number of carbonyl (C=O) groups excluding carboxylic acids is 1. The number of benzene rings is 2. The number of aryl methyl sites for hydroxylation is 1. The molecule has 1 aromatic heterocycles. The highest BCUT2D eigenvalue weighted by molar-refractivity contribution is 5.79. The van der Waals surface area contributed by atoms with Gasteiger partial charge in [-0.3, -0.25) is 4.79 Å². The van der Waals surface area contributed by atoms with Crippen molar-refractivity contribution in [3.8, 4) is 11.4 Å². The normalized spacial score (nSPS) is 10.8. The molecule has 0 aliphatic carbocycles. The molecule has 0 saturated heterocycles. The second kappa shape index (κ2) is 5.48. The third kappa shape index (κ3) is 2.50. The van der Waals surface area contributed by atoms with Gasteiger partial charge in [-0.25, -0.2) is 0 Å². The molecule has 0 fully saturated rings. The quantitative estimate of drug-likeness (QED) is 0.771. The lowest BCUT2D eigenvalue weighted by atomic mass is 10.1. The Hall–Kier alpha value is -2.89. The Morgan fingerprint density at radius 3 is 2.45 bits per heavy atom. The van der Waals surface area contributed by atoms with Gasteiger partial charge in [0.2, 0.25) is 5.91 Å². The minimum Gasteiger partial charge on any atom is -0.505 e. The Morgan fingerprint density at radius 1 is 1.23 bits per heavy atom. The first-order valence-corrected chi connectivity index (χ1v) is 6.94. The zero-order valence-electron chi connectivity index (χ0n) is 12.4. The van der Waals surface area contributed by atoms with Crippen LogP contribution in [0.5, 0.6) is 5.75 Å². The van der Waals surface area contributed by atoms with Crippen molar-refractivity contribution in [1.82, 2.24) is 20.3 Å². The Balaban J connectivity index is 2.10. The highest BCUT2D eigenvalue weighted by atomic mass is 16.3. The molecule has 1 heterocycles. The Kier molecular flexibility index (Phi) is 3.50. The standard InChI is InChI=1S/C16H16N4O2/c1-10-7-11(9-15(21)17-2)8-14(16(10)22)20-18-12-5-3-4-6-13(12)19-20/h3-8,22H,9H2,1-2H3,(H,17,21). The summed E-state index contributed by atoms with van der Waals surface area (Å²) in [4.78, 5) is 13.0. The summed E-state index contributed by atoms with van der Waals surface area (Å²) in [6, 6.07) is 11.0. The first kappa shape index (κ1) is 14.1. The van der Waals surface area contributed by atoms with Crippen molar-refractivity contribution in [2.45, 2.75) is 13.3 Å². The number of carbonyl (C=O) groups is 1. The van der Waals surface area contributed by atoms with Crippen LogP contribution in [-0.4, -0.2) is 33.1 Å². The van der Waals surface area contributed by atoms with Crippen LogP contribution in [0.4, 0.5) is 0 Å². The number of fused-ring (bicyclic) bond motifs is 1. The molecule has 1 amide bonds. The highest BCUT2D eigenvalue weighted by Crippen LogP contribution is 2.27. The number of likely N-dealkylation sites (N-methyl/N-ethyl adjacent to an activating group) is 1. The molecule has 2 N–H and O–H groups in total. The Labute approximate surface area is 127 Å². The number of phenolic OH excluding ortho intramolecular Hbond substituents is 1. The van der Waals surface area contributed by atoms with Gasteiger partial charge < -0.3 is 10.4 Å². The number of hydrogen-bond donors (Lipinski definition) is 2. The monoisotopic (exact) mass is 296 g/mol. The van der Waals surface area contributed by atoms with Crippen LogP contribution >= 0.6 is 0 Å². The van der Waals surface area contributed by atoms with Crippen LogP contribution in [0.15, 0.2) is 36.4 Å². The molecule has 0 saturated carbocycles. The largest absolute Gasteiger partial charge is 0.505 e. The van der Waals surface area contributed by atoms with Crippen LogP contribution in [0.25, 0.3) is 16.7 Å². The van der Waals surface area contributed by atoms with Crippen LogP contribution in [-0.2, 0) is 11.2 Å². The Bertz CT molecular complexity index is 821. The maximum absolute atomic E-state index is 11.6. The van der Waals surface area contributed by atoms with Crippen molar-refractivity contribution in [3.63, 3.8) is 0 Å². The SMILES string of the molecule is CNC(=O)Cc1cc(C)c(O)c(-n2nc3ccccc3n2)c1. The van der Waals surface area contributed by atoms with E-state index in [2.05, 4.69) is 15.5 Å². The maximum Gasteiger partial charge on any atom is 0.224 e. The molecule has 3 rings (SSSR count). The van der Waals surface area contributed by atoms with Crippen molar-refractivity contribution in [3.05, 3.63) is 47.5 Å². The zero-order chi connectivity index (χ0) is 15.7. The predicted octanol–water partition coefficient (Wildman–Crippen LogP) is 1.72. The molecule has 2 aromatic carbocycles. The zero-order valence-corrected chi connectivity index (χ0v) is 12.4. The van der Waals surface area contributed by atoms with Gasteiger partial charge in [-0.15, -0.1) is 15.0 Å². The summed E-state index contributed by atoms with van der Waals surface area (Å²) in [5.41, 5.74) is 3.44. The number of aromatic hydroxyl groups is 1. The van der Waals surface area contributed by atoms with E-state index in [1.807, 2.05) is 24.3 Å². The van der Waals surface area contributed by atoms with Gasteiger partial charge in [-0.2, -0.15) is 0 Å². The van der Waals surface area contributed by atoms with Crippen LogP contribution in [0.2, 0.25) is 0 Å². The van der Waals surface area contributed by atoms with E-state index in [1.165, 1.54) is 4.80 Å². The van der Waals surface area contributed by atoms with E-state index < -0.39 is 0 Å². The van der Waals surface area contributed by atoms with Gasteiger partial charge in [0.1, 0.15) is 22.5 Å². The lowest BCUT2D eigenvalue weighted by Crippen LogP contribution is -2.20. The maximum atomic E-state index is 11.6. The minimum atomic E-state index is -0.0883. The molecule has 3 aromatic rings. The molecule has 112 valence electrons. The summed E-state index contributed by atoms with van der Waals surface area (Å²) in [5.74, 6) is 0.0237. The van der Waals surface area contributed by atoms with Gasteiger partial charge in [-0.05, 0) is 36.2 Å². The lowest BCUT2D eigenvalue weighted by molar-refractivity contribution is -0.119. The number of phenols is 1. The smallest absolute Gasteiger partial charge is 0.224 e. The topological polar surface area (TPSA) is 80.0 Å². The fraction of sp³-hybridized carbons (Fsp3) is 0.188. The summed E-state index contributed by atoms with van der Waals surface area (Å²) in [6.07, 6.45) is 0.241. The first-order valence-electron chi connectivity index (χ1n) is 6.94. The van der Waals surface area contributed by atoms with E-state index in [1.54, 1.807) is 26.1 Å². The van der Waals surface area contributed by atoms with Gasteiger partial charge in [0.15, 0.2) is 0 Å². The van der Waals surface area contributed by atoms with Crippen LogP contribution < -0.4 is 5.32 Å². The van der Waals surface area contributed by atoms with Crippen LogP contribution in [0.3, 0.4) is 0 Å². The molecule has 0 radical (unpaired) electrons. The molecular formula is C16H16N4O2. The van der Waals surface area contributed by atoms with Gasteiger partial charge >= 0.3 is 0 Å². The Morgan fingerprint density at radius 2 is 1.86 bits per heavy atom. The fourth-order valence-corrected chi connectivity index (χ4v) is 2.33. The highest BCUT2D eigenvalue weighted by Gasteiger charge is 2.13. The summed E-state index contributed by atoms with van der Waals surface area (Å²) in [6.45, 7) is 1.79. The average molecular weight is 296 g/mol. The van der Waals surface area contributed by atoms with E-state index in [4.69, 9.17) is 0 Å². The fourth-order valence-electron chi connectivity index (χ4n) is 2.33. The second-order valence-electron chi connectivity index (χ2n) is 5.11. The molecule has 0 unspecified atom stereocenters. The second-order valence-corrected chi connectivity index (χ2v) is 5.11. The van der Waals surface area contributed by atoms with Crippen molar-refractivity contribution >= 4 is 16.9 Å². The molecule has 0 aliphatic rings. The first-order chi connectivity index (χ1) is 10.6. The summed E-state index contributed by atoms with van der Waals surface area (Å²) in [7, 11) is 1.60. The van der Waals surface area contributed by atoms with Crippen LogP contribution in [0.1, 0.15) is 11.1 Å². The van der Waals surface area contributed by atoms with E-state index in [-0.39, 0.29) is 18.1 Å². The number of rotatable bonds is 3. The van der Waals surface area contributed by atoms with E-state index >= 15 is 0 Å². The molecule has 0 atom stereocenters. The molecule has 22 heavy (non-hydrogen) atoms. The van der Waals surface area contributed by atoms with Crippen LogP contribution in [0, 0.1) is 6.92 Å². The van der Waals surface area contributed by atoms with Gasteiger partial charge in [0, 0.05) is 7.05 Å². The van der Waals surface area contributed by atoms with Gasteiger partial charge in [-0.1, -0.05) is 18.2 Å². The lowest BCUT2D eigenvalue weighted by Gasteiger charge is -2.09. The predicted molar refractivity (Wildman–Crippen MR) is 83.0 cm³/mol. The molecule has 0 spiro atoms. The number of amides is 1. The van der Waals surface area contributed by atoms with E-state index in [9.17, 15) is 9.90 Å². The van der Waals surface area contributed by atoms with Gasteiger partial charge in [0.05, 0.1) is 6.42 Å². The molecule has 6 heteroatoms. The van der Waals surface area contributed by atoms with Crippen molar-refractivity contribution in [2.24, 2.45) is 0 Å². The molecule has 6 nitrogen and oxygen atoms in total. The third-order valence-corrected chi connectivity index (χ3v) is 3.49. The molecular weight excluding hydrogens is 280 g/mol. The summed E-state index contributed by atoms with van der Waals surface area (Å²) < 4.78 is 0. The molecule has 0 aliphatic heterocycles. The number of nitrogens with zero attached hydrogens (tertiary/aromatic N) is 3. The number of nitrogens with one attached hydrogen (secondary N) is 1. The summed E-state index contributed by atoms with van der Waals surface area (Å²) >= 11 is 0. The average Bonchev–Trinajstić information content (AvgIpc) is 2.94. The van der Waals surface area contributed by atoms with E-state index in [0.717, 1.165) is 16.6 Å². The number of hydrogen-bond acceptors (Lipinski definition) is 4. The van der Waals surface area contributed by atoms with Crippen molar-refractivity contribution < 1.29 is 9.90 Å².